The van der Waals surface area contributed by atoms with Crippen molar-refractivity contribution < 1.29 is 18.3 Å². The van der Waals surface area contributed by atoms with Crippen molar-refractivity contribution in [2.45, 2.75) is 33.5 Å². The number of aryl methyl sites for hydroxylation is 1. The average molecular weight is 216 g/mol. The Bertz CT molecular complexity index is 324. The average Bonchev–Trinajstić information content (AvgIpc) is 2.08. The van der Waals surface area contributed by atoms with Crippen LogP contribution in [0.3, 0.4) is 0 Å². The van der Waals surface area contributed by atoms with E-state index in [4.69, 9.17) is 4.74 Å². The van der Waals surface area contributed by atoms with E-state index in [9.17, 15) is 8.78 Å². The first-order chi connectivity index (χ1) is 6.99. The van der Waals surface area contributed by atoms with E-state index in [1.165, 1.54) is 6.07 Å². The predicted octanol–water partition coefficient (Wildman–Crippen LogP) is 3.38. The minimum atomic E-state index is -2.83. The van der Waals surface area contributed by atoms with Crippen molar-refractivity contribution in [1.82, 2.24) is 0 Å². The van der Waals surface area contributed by atoms with Crippen LogP contribution >= 0.6 is 0 Å². The van der Waals surface area contributed by atoms with Gasteiger partial charge in [0.25, 0.3) is 0 Å². The molecular weight excluding hydrogens is 202 g/mol. The van der Waals surface area contributed by atoms with Crippen LogP contribution in [0.2, 0.25) is 0 Å². The summed E-state index contributed by atoms with van der Waals surface area (Å²) in [6, 6.07) is 4.86. The molecule has 0 bridgehead atoms. The lowest BCUT2D eigenvalue weighted by Crippen LogP contribution is -2.09. The highest BCUT2D eigenvalue weighted by Gasteiger charge is 2.11. The molecule has 1 aromatic rings. The Hall–Kier alpha value is -1.32. The number of alkyl halides is 2. The molecule has 4 heteroatoms. The lowest BCUT2D eigenvalue weighted by atomic mass is 10.2. The molecular formula is C11H14F2O2. The van der Waals surface area contributed by atoms with Crippen LogP contribution in [0.25, 0.3) is 0 Å². The smallest absolute Gasteiger partial charge is 0.387 e. The largest absolute Gasteiger partial charge is 0.487 e. The maximum atomic E-state index is 12.1. The third-order valence-corrected chi connectivity index (χ3v) is 1.68. The molecule has 15 heavy (non-hydrogen) atoms. The van der Waals surface area contributed by atoms with Crippen LogP contribution in [0.5, 0.6) is 11.5 Å². The van der Waals surface area contributed by atoms with Crippen LogP contribution in [0.1, 0.15) is 19.4 Å². The van der Waals surface area contributed by atoms with Crippen LogP contribution in [0.4, 0.5) is 8.78 Å². The van der Waals surface area contributed by atoms with Crippen LogP contribution in [-0.2, 0) is 0 Å². The quantitative estimate of drug-likeness (QED) is 0.768. The summed E-state index contributed by atoms with van der Waals surface area (Å²) in [6.45, 7) is 2.68. The van der Waals surface area contributed by atoms with Crippen molar-refractivity contribution in [3.8, 4) is 11.5 Å². The maximum absolute atomic E-state index is 12.1. The lowest BCUT2D eigenvalue weighted by molar-refractivity contribution is -0.0519. The maximum Gasteiger partial charge on any atom is 0.387 e. The van der Waals surface area contributed by atoms with Crippen LogP contribution < -0.4 is 9.47 Å². The number of benzene rings is 1. The van der Waals surface area contributed by atoms with E-state index in [0.717, 1.165) is 5.56 Å². The molecule has 0 amide bonds. The number of rotatable bonds is 4. The molecule has 0 saturated heterocycles. The van der Waals surface area contributed by atoms with Crippen molar-refractivity contribution in [2.24, 2.45) is 0 Å². The molecule has 1 aromatic carbocycles. The van der Waals surface area contributed by atoms with E-state index in [0.29, 0.717) is 5.75 Å². The Labute approximate surface area is 87.8 Å². The van der Waals surface area contributed by atoms with Gasteiger partial charge in [-0.05, 0) is 38.5 Å². The second kappa shape index (κ2) is 4.96. The molecule has 0 saturated carbocycles. The highest BCUT2D eigenvalue weighted by molar-refractivity contribution is 5.42. The van der Waals surface area contributed by atoms with Gasteiger partial charge in [-0.25, -0.2) is 0 Å². The zero-order chi connectivity index (χ0) is 11.4. The highest BCUT2D eigenvalue weighted by Crippen LogP contribution is 2.30. The van der Waals surface area contributed by atoms with Gasteiger partial charge in [0.1, 0.15) is 0 Å². The molecule has 0 N–H and O–H groups in total. The Kier molecular flexibility index (Phi) is 3.88. The van der Waals surface area contributed by atoms with Crippen LogP contribution in [0, 0.1) is 6.92 Å². The van der Waals surface area contributed by atoms with Crippen molar-refractivity contribution in [3.63, 3.8) is 0 Å². The monoisotopic (exact) mass is 216 g/mol. The van der Waals surface area contributed by atoms with E-state index in [1.807, 2.05) is 20.8 Å². The summed E-state index contributed by atoms with van der Waals surface area (Å²) < 4.78 is 33.8. The van der Waals surface area contributed by atoms with Gasteiger partial charge in [0.2, 0.25) is 0 Å². The molecule has 0 aliphatic heterocycles. The first-order valence-electron chi connectivity index (χ1n) is 4.71. The first-order valence-corrected chi connectivity index (χ1v) is 4.71. The molecule has 1 rings (SSSR count). The summed E-state index contributed by atoms with van der Waals surface area (Å²) in [5.41, 5.74) is 0.937. The zero-order valence-electron chi connectivity index (χ0n) is 8.96. The molecule has 0 spiro atoms. The zero-order valence-corrected chi connectivity index (χ0v) is 8.96. The lowest BCUT2D eigenvalue weighted by Gasteiger charge is -2.14. The third kappa shape index (κ3) is 3.73. The van der Waals surface area contributed by atoms with E-state index < -0.39 is 6.61 Å². The Morgan fingerprint density at radius 1 is 1.07 bits per heavy atom. The van der Waals surface area contributed by atoms with Crippen molar-refractivity contribution in [3.05, 3.63) is 23.8 Å². The van der Waals surface area contributed by atoms with Gasteiger partial charge in [-0.3, -0.25) is 0 Å². The first kappa shape index (κ1) is 11.8. The molecule has 0 atom stereocenters. The fourth-order valence-corrected chi connectivity index (χ4v) is 1.15. The molecule has 0 heterocycles. The van der Waals surface area contributed by atoms with Crippen molar-refractivity contribution in [1.29, 1.82) is 0 Å². The summed E-state index contributed by atoms with van der Waals surface area (Å²) in [4.78, 5) is 0. The summed E-state index contributed by atoms with van der Waals surface area (Å²) in [5.74, 6) is 0.426. The fraction of sp³-hybridized carbons (Fsp3) is 0.455. The Morgan fingerprint density at radius 3 is 2.27 bits per heavy atom. The summed E-state index contributed by atoms with van der Waals surface area (Å²) in [5, 5.41) is 0. The van der Waals surface area contributed by atoms with Crippen molar-refractivity contribution >= 4 is 0 Å². The molecule has 0 aliphatic carbocycles. The van der Waals surface area contributed by atoms with Crippen LogP contribution in [-0.4, -0.2) is 12.7 Å². The normalized spacial score (nSPS) is 10.9. The molecule has 2 nitrogen and oxygen atoms in total. The molecule has 0 aliphatic rings. The minimum Gasteiger partial charge on any atom is -0.487 e. The van der Waals surface area contributed by atoms with Crippen LogP contribution in [0.15, 0.2) is 18.2 Å². The summed E-state index contributed by atoms with van der Waals surface area (Å²) in [6.07, 6.45) is -0.0770. The van der Waals surface area contributed by atoms with E-state index >= 15 is 0 Å². The summed E-state index contributed by atoms with van der Waals surface area (Å²) in [7, 11) is 0. The Morgan fingerprint density at radius 2 is 1.73 bits per heavy atom. The predicted molar refractivity (Wildman–Crippen MR) is 53.6 cm³/mol. The summed E-state index contributed by atoms with van der Waals surface area (Å²) >= 11 is 0. The molecule has 0 fully saturated rings. The third-order valence-electron chi connectivity index (χ3n) is 1.68. The van der Waals surface area contributed by atoms with E-state index in [1.54, 1.807) is 12.1 Å². The number of ether oxygens (including phenoxy) is 2. The second-order valence-corrected chi connectivity index (χ2v) is 3.50. The van der Waals surface area contributed by atoms with Gasteiger partial charge in [-0.2, -0.15) is 8.78 Å². The standard InChI is InChI=1S/C11H14F2O2/c1-7(2)14-10-6-8(3)4-5-9(10)15-11(12)13/h4-7,11H,1-3H3. The number of hydrogen-bond donors (Lipinski definition) is 0. The Balaban J connectivity index is 2.92. The van der Waals surface area contributed by atoms with Crippen molar-refractivity contribution in [2.75, 3.05) is 0 Å². The van der Waals surface area contributed by atoms with Gasteiger partial charge in [0.15, 0.2) is 11.5 Å². The van der Waals surface area contributed by atoms with Gasteiger partial charge >= 0.3 is 6.61 Å². The number of halogens is 2. The van der Waals surface area contributed by atoms with E-state index in [2.05, 4.69) is 4.74 Å². The number of hydrogen-bond acceptors (Lipinski definition) is 2. The molecule has 0 unspecified atom stereocenters. The van der Waals surface area contributed by atoms with Gasteiger partial charge in [-0.1, -0.05) is 6.07 Å². The van der Waals surface area contributed by atoms with Gasteiger partial charge < -0.3 is 9.47 Å². The minimum absolute atomic E-state index is 0.0734. The SMILES string of the molecule is Cc1ccc(OC(F)F)c(OC(C)C)c1. The molecule has 0 radical (unpaired) electrons. The van der Waals surface area contributed by atoms with Gasteiger partial charge in [-0.15, -0.1) is 0 Å². The van der Waals surface area contributed by atoms with Gasteiger partial charge in [0, 0.05) is 0 Å². The fourth-order valence-electron chi connectivity index (χ4n) is 1.15. The van der Waals surface area contributed by atoms with Gasteiger partial charge in [0.05, 0.1) is 6.10 Å². The topological polar surface area (TPSA) is 18.5 Å². The molecule has 84 valence electrons. The van der Waals surface area contributed by atoms with E-state index in [-0.39, 0.29) is 11.9 Å². The highest BCUT2D eigenvalue weighted by atomic mass is 19.3. The molecule has 0 aromatic heterocycles. The second-order valence-electron chi connectivity index (χ2n) is 3.50.